The number of aromatic nitrogens is 1. The van der Waals surface area contributed by atoms with Crippen molar-refractivity contribution in [2.24, 2.45) is 0 Å². The van der Waals surface area contributed by atoms with Crippen LogP contribution in [-0.2, 0) is 0 Å². The molecule has 304 valence electrons. The molecule has 0 unspecified atom stereocenters. The third kappa shape index (κ3) is 6.20. The highest BCUT2D eigenvalue weighted by atomic mass is 16.3. The van der Waals surface area contributed by atoms with E-state index >= 15 is 0 Å². The average Bonchev–Trinajstić information content (AvgIpc) is 3.92. The number of hydrogen-bond donors (Lipinski definition) is 0. The number of furan rings is 1. The molecular weight excluding hydrogens is 789 g/mol. The molecule has 2 aromatic heterocycles. The monoisotopic (exact) mass is 828 g/mol. The van der Waals surface area contributed by atoms with E-state index in [2.05, 4.69) is 240 Å². The molecule has 13 rings (SSSR count). The Hall–Kier alpha value is -8.66. The van der Waals surface area contributed by atoms with Crippen LogP contribution >= 0.6 is 0 Å². The maximum atomic E-state index is 6.33. The number of benzene rings is 11. The highest BCUT2D eigenvalue weighted by Crippen LogP contribution is 2.42. The lowest BCUT2D eigenvalue weighted by atomic mass is 9.97. The van der Waals surface area contributed by atoms with E-state index < -0.39 is 0 Å². The first-order chi connectivity index (χ1) is 32.2. The van der Waals surface area contributed by atoms with E-state index in [-0.39, 0.29) is 0 Å². The van der Waals surface area contributed by atoms with Crippen LogP contribution in [0.2, 0.25) is 0 Å². The summed E-state index contributed by atoms with van der Waals surface area (Å²) in [5, 5.41) is 9.82. The number of hydrogen-bond acceptors (Lipinski definition) is 2. The highest BCUT2D eigenvalue weighted by Gasteiger charge is 2.18. The van der Waals surface area contributed by atoms with Crippen molar-refractivity contribution in [3.63, 3.8) is 0 Å². The number of rotatable bonds is 7. The first-order valence-electron chi connectivity index (χ1n) is 22.2. The average molecular weight is 829 g/mol. The smallest absolute Gasteiger partial charge is 0.136 e. The largest absolute Gasteiger partial charge is 0.456 e. The van der Waals surface area contributed by atoms with Crippen LogP contribution in [0.15, 0.2) is 247 Å². The molecule has 0 spiro atoms. The Morgan fingerprint density at radius 3 is 1.60 bits per heavy atom. The van der Waals surface area contributed by atoms with Crippen LogP contribution in [0.1, 0.15) is 0 Å². The van der Waals surface area contributed by atoms with E-state index in [1.54, 1.807) is 0 Å². The first kappa shape index (κ1) is 36.9. The van der Waals surface area contributed by atoms with Gasteiger partial charge in [-0.25, -0.2) is 0 Å². The summed E-state index contributed by atoms with van der Waals surface area (Å²) in [6, 6.07) is 87.8. The molecule has 0 aliphatic carbocycles. The standard InChI is InChI=1S/C62H40N2O/c1-2-15-51-42(12-1)24-25-47-38-45(30-36-52(47)51)41-26-32-48(33-27-41)63(50-14-11-13-44(39-50)46-31-37-57-56-19-6-10-23-61(56)65-62(57)40-46)49-34-28-43(29-35-49)53-16-3-7-20-58(53)64-59-21-8-4-17-54(59)55-18-5-9-22-60(55)64/h1-40H. The number of nitrogens with zero attached hydrogens (tertiary/aromatic N) is 2. The molecule has 0 fully saturated rings. The summed E-state index contributed by atoms with van der Waals surface area (Å²) >= 11 is 0. The van der Waals surface area contributed by atoms with Gasteiger partial charge in [0.05, 0.1) is 16.7 Å². The van der Waals surface area contributed by atoms with Crippen molar-refractivity contribution in [1.82, 2.24) is 4.57 Å². The van der Waals surface area contributed by atoms with E-state index in [0.717, 1.165) is 61.4 Å². The third-order valence-electron chi connectivity index (χ3n) is 13.2. The maximum absolute atomic E-state index is 6.33. The summed E-state index contributed by atoms with van der Waals surface area (Å²) < 4.78 is 8.74. The summed E-state index contributed by atoms with van der Waals surface area (Å²) in [6.07, 6.45) is 0. The molecule has 0 radical (unpaired) electrons. The molecule has 0 bridgehead atoms. The number of anilines is 3. The van der Waals surface area contributed by atoms with E-state index in [1.807, 2.05) is 12.1 Å². The van der Waals surface area contributed by atoms with E-state index in [1.165, 1.54) is 60.0 Å². The Morgan fingerprint density at radius 2 is 0.831 bits per heavy atom. The molecule has 0 amide bonds. The molecule has 13 aromatic rings. The van der Waals surface area contributed by atoms with Gasteiger partial charge in [0.15, 0.2) is 0 Å². The zero-order valence-electron chi connectivity index (χ0n) is 35.4. The molecule has 0 aliphatic rings. The van der Waals surface area contributed by atoms with E-state index in [9.17, 15) is 0 Å². The van der Waals surface area contributed by atoms with Crippen LogP contribution in [0.4, 0.5) is 17.1 Å². The highest BCUT2D eigenvalue weighted by molar-refractivity contribution is 6.10. The fraction of sp³-hybridized carbons (Fsp3) is 0. The van der Waals surface area contributed by atoms with Crippen LogP contribution in [0.5, 0.6) is 0 Å². The zero-order valence-corrected chi connectivity index (χ0v) is 35.4. The van der Waals surface area contributed by atoms with Gasteiger partial charge in [0, 0.05) is 44.2 Å². The van der Waals surface area contributed by atoms with Crippen LogP contribution < -0.4 is 4.90 Å². The predicted molar refractivity (Wildman–Crippen MR) is 274 cm³/mol. The van der Waals surface area contributed by atoms with Crippen molar-refractivity contribution in [2.45, 2.75) is 0 Å². The molecule has 0 saturated carbocycles. The zero-order chi connectivity index (χ0) is 42.8. The number of fused-ring (bicyclic) bond motifs is 9. The van der Waals surface area contributed by atoms with Gasteiger partial charge < -0.3 is 13.9 Å². The Kier molecular flexibility index (Phi) is 8.53. The van der Waals surface area contributed by atoms with Gasteiger partial charge in [-0.15, -0.1) is 0 Å². The van der Waals surface area contributed by atoms with Crippen molar-refractivity contribution in [3.05, 3.63) is 243 Å². The van der Waals surface area contributed by atoms with Gasteiger partial charge in [-0.05, 0) is 128 Å². The summed E-state index contributed by atoms with van der Waals surface area (Å²) in [7, 11) is 0. The minimum Gasteiger partial charge on any atom is -0.456 e. The predicted octanol–water partition coefficient (Wildman–Crippen LogP) is 17.5. The third-order valence-corrected chi connectivity index (χ3v) is 13.2. The van der Waals surface area contributed by atoms with Gasteiger partial charge in [-0.1, -0.05) is 164 Å². The molecule has 65 heavy (non-hydrogen) atoms. The molecular formula is C62H40N2O. The normalized spacial score (nSPS) is 11.7. The van der Waals surface area contributed by atoms with Crippen LogP contribution in [0.3, 0.4) is 0 Å². The second kappa shape index (κ2) is 15.0. The minimum absolute atomic E-state index is 0.889. The fourth-order valence-corrected chi connectivity index (χ4v) is 10.1. The Bertz CT molecular complexity index is 3900. The molecule has 2 heterocycles. The second-order valence-electron chi connectivity index (χ2n) is 16.9. The van der Waals surface area contributed by atoms with Gasteiger partial charge in [-0.3, -0.25) is 0 Å². The molecule has 11 aromatic carbocycles. The SMILES string of the molecule is c1cc(-c2ccc3c(c2)oc2ccccc23)cc(N(c2ccc(-c3ccc4c(ccc5ccccc54)c3)cc2)c2ccc(-c3ccccc3-n3c4ccccc4c4ccccc43)cc2)c1. The Labute approximate surface area is 376 Å². The first-order valence-corrected chi connectivity index (χ1v) is 22.2. The van der Waals surface area contributed by atoms with Gasteiger partial charge >= 0.3 is 0 Å². The van der Waals surface area contributed by atoms with Gasteiger partial charge in [0.25, 0.3) is 0 Å². The van der Waals surface area contributed by atoms with Gasteiger partial charge in [0.1, 0.15) is 11.2 Å². The van der Waals surface area contributed by atoms with Crippen LogP contribution in [-0.4, -0.2) is 4.57 Å². The number of para-hydroxylation sites is 4. The van der Waals surface area contributed by atoms with Crippen molar-refractivity contribution < 1.29 is 4.42 Å². The van der Waals surface area contributed by atoms with E-state index in [4.69, 9.17) is 4.42 Å². The molecule has 3 nitrogen and oxygen atoms in total. The minimum atomic E-state index is 0.889. The van der Waals surface area contributed by atoms with Crippen molar-refractivity contribution in [3.8, 4) is 39.1 Å². The molecule has 0 aliphatic heterocycles. The molecule has 3 heteroatoms. The lowest BCUT2D eigenvalue weighted by Gasteiger charge is -2.26. The Balaban J connectivity index is 0.912. The van der Waals surface area contributed by atoms with Crippen LogP contribution in [0.25, 0.3) is 104 Å². The lowest BCUT2D eigenvalue weighted by Crippen LogP contribution is -2.10. The second-order valence-corrected chi connectivity index (χ2v) is 16.9. The quantitative estimate of drug-likeness (QED) is 0.149. The van der Waals surface area contributed by atoms with Crippen molar-refractivity contribution in [2.75, 3.05) is 4.90 Å². The topological polar surface area (TPSA) is 21.3 Å². The van der Waals surface area contributed by atoms with Crippen molar-refractivity contribution >= 4 is 82.4 Å². The Morgan fingerprint density at radius 1 is 0.292 bits per heavy atom. The molecule has 0 N–H and O–H groups in total. The van der Waals surface area contributed by atoms with Crippen molar-refractivity contribution in [1.29, 1.82) is 0 Å². The van der Waals surface area contributed by atoms with Gasteiger partial charge in [0.2, 0.25) is 0 Å². The molecule has 0 atom stereocenters. The summed E-state index contributed by atoms with van der Waals surface area (Å²) in [5.74, 6) is 0. The maximum Gasteiger partial charge on any atom is 0.136 e. The van der Waals surface area contributed by atoms with E-state index in [0.29, 0.717) is 0 Å². The summed E-state index contributed by atoms with van der Waals surface area (Å²) in [6.45, 7) is 0. The van der Waals surface area contributed by atoms with Gasteiger partial charge in [-0.2, -0.15) is 0 Å². The van der Waals surface area contributed by atoms with Crippen LogP contribution in [0, 0.1) is 0 Å². The lowest BCUT2D eigenvalue weighted by molar-refractivity contribution is 0.669. The molecule has 0 saturated heterocycles. The fourth-order valence-electron chi connectivity index (χ4n) is 10.1. The summed E-state index contributed by atoms with van der Waals surface area (Å²) in [4.78, 5) is 2.36. The summed E-state index contributed by atoms with van der Waals surface area (Å²) in [5.41, 5.74) is 15.5.